The predicted octanol–water partition coefficient (Wildman–Crippen LogP) is 3.58. The summed E-state index contributed by atoms with van der Waals surface area (Å²) in [6, 6.07) is 7.59. The summed E-state index contributed by atoms with van der Waals surface area (Å²) < 4.78 is 5.43. The van der Waals surface area contributed by atoms with E-state index in [0.29, 0.717) is 5.02 Å². The number of ether oxygens (including phenoxy) is 1. The number of halogens is 1. The molecule has 5 heteroatoms. The molecule has 1 aromatic rings. The van der Waals surface area contributed by atoms with E-state index in [-0.39, 0.29) is 11.9 Å². The number of likely N-dealkylation sites (N-methyl/N-ethyl adjacent to an activating group) is 1. The highest BCUT2D eigenvalue weighted by Crippen LogP contribution is 2.30. The zero-order valence-electron chi connectivity index (χ0n) is 14.4. The zero-order chi connectivity index (χ0) is 16.9. The number of hydrogen-bond donors (Lipinski definition) is 0. The number of benzene rings is 1. The molecule has 0 N–H and O–H groups in total. The fourth-order valence-electron chi connectivity index (χ4n) is 3.75. The van der Waals surface area contributed by atoms with Crippen LogP contribution >= 0.6 is 11.6 Å². The van der Waals surface area contributed by atoms with Crippen molar-refractivity contribution < 1.29 is 9.53 Å². The number of para-hydroxylation sites is 1. The van der Waals surface area contributed by atoms with Gasteiger partial charge in [-0.25, -0.2) is 0 Å². The van der Waals surface area contributed by atoms with Gasteiger partial charge in [0.15, 0.2) is 0 Å². The van der Waals surface area contributed by atoms with Gasteiger partial charge in [-0.1, -0.05) is 23.7 Å². The molecule has 2 fully saturated rings. The summed E-state index contributed by atoms with van der Waals surface area (Å²) in [7, 11) is 2.08. The Morgan fingerprint density at radius 3 is 2.75 bits per heavy atom. The standard InChI is InChI=1S/C19H27ClN2O2/c1-21(12-8-15-9-13-24-14-10-15)18-7-4-11-22(19(18)23)17-6-3-2-5-16(17)20/h2-3,5-6,15,18H,4,7-14H2,1H3. The molecule has 2 aliphatic heterocycles. The van der Waals surface area contributed by atoms with Crippen molar-refractivity contribution in [3.8, 4) is 0 Å². The smallest absolute Gasteiger partial charge is 0.244 e. The molecule has 0 bridgehead atoms. The third-order valence-electron chi connectivity index (χ3n) is 5.32. The molecule has 4 nitrogen and oxygen atoms in total. The Bertz CT molecular complexity index is 560. The Kier molecular flexibility index (Phi) is 6.14. The van der Waals surface area contributed by atoms with Gasteiger partial charge >= 0.3 is 0 Å². The lowest BCUT2D eigenvalue weighted by molar-refractivity contribution is -0.124. The largest absolute Gasteiger partial charge is 0.381 e. The lowest BCUT2D eigenvalue weighted by Crippen LogP contribution is -2.51. The number of hydrogen-bond acceptors (Lipinski definition) is 3. The van der Waals surface area contributed by atoms with E-state index in [0.717, 1.165) is 70.0 Å². The van der Waals surface area contributed by atoms with Crippen LogP contribution in [0.2, 0.25) is 5.02 Å². The molecule has 0 aromatic heterocycles. The van der Waals surface area contributed by atoms with Gasteiger partial charge in [0.1, 0.15) is 0 Å². The minimum Gasteiger partial charge on any atom is -0.381 e. The van der Waals surface area contributed by atoms with Crippen molar-refractivity contribution in [1.29, 1.82) is 0 Å². The van der Waals surface area contributed by atoms with Crippen LogP contribution in [0.25, 0.3) is 0 Å². The predicted molar refractivity (Wildman–Crippen MR) is 97.6 cm³/mol. The van der Waals surface area contributed by atoms with Crippen LogP contribution < -0.4 is 4.90 Å². The average molecular weight is 351 g/mol. The van der Waals surface area contributed by atoms with E-state index in [2.05, 4.69) is 11.9 Å². The van der Waals surface area contributed by atoms with Gasteiger partial charge in [-0.2, -0.15) is 0 Å². The van der Waals surface area contributed by atoms with Gasteiger partial charge in [0, 0.05) is 19.8 Å². The number of amides is 1. The van der Waals surface area contributed by atoms with E-state index in [1.54, 1.807) is 0 Å². The molecule has 1 atom stereocenters. The number of piperidine rings is 1. The van der Waals surface area contributed by atoms with Gasteiger partial charge < -0.3 is 9.64 Å². The fourth-order valence-corrected chi connectivity index (χ4v) is 3.99. The quantitative estimate of drug-likeness (QED) is 0.813. The van der Waals surface area contributed by atoms with E-state index in [1.165, 1.54) is 0 Å². The van der Waals surface area contributed by atoms with Crippen molar-refractivity contribution in [1.82, 2.24) is 4.90 Å². The summed E-state index contributed by atoms with van der Waals surface area (Å²) in [5.74, 6) is 0.920. The zero-order valence-corrected chi connectivity index (χ0v) is 15.2. The van der Waals surface area contributed by atoms with Gasteiger partial charge in [0.25, 0.3) is 0 Å². The van der Waals surface area contributed by atoms with E-state index < -0.39 is 0 Å². The molecule has 1 amide bonds. The molecule has 1 aromatic carbocycles. The van der Waals surface area contributed by atoms with Crippen LogP contribution in [0.4, 0.5) is 5.69 Å². The summed E-state index contributed by atoms with van der Waals surface area (Å²) in [5, 5.41) is 0.649. The summed E-state index contributed by atoms with van der Waals surface area (Å²) in [6.45, 7) is 3.50. The molecule has 132 valence electrons. The van der Waals surface area contributed by atoms with E-state index >= 15 is 0 Å². The van der Waals surface area contributed by atoms with Crippen LogP contribution in [-0.4, -0.2) is 50.2 Å². The summed E-state index contributed by atoms with van der Waals surface area (Å²) in [5.41, 5.74) is 0.840. The van der Waals surface area contributed by atoms with Gasteiger partial charge in [-0.05, 0) is 63.7 Å². The molecule has 2 heterocycles. The maximum Gasteiger partial charge on any atom is 0.244 e. The number of carbonyl (C=O) groups is 1. The molecule has 2 aliphatic rings. The molecular formula is C19H27ClN2O2. The third kappa shape index (κ3) is 4.11. The van der Waals surface area contributed by atoms with E-state index in [1.807, 2.05) is 29.2 Å². The molecule has 3 rings (SSSR count). The van der Waals surface area contributed by atoms with Crippen molar-refractivity contribution in [2.24, 2.45) is 5.92 Å². The van der Waals surface area contributed by atoms with Crippen LogP contribution in [0.15, 0.2) is 24.3 Å². The molecular weight excluding hydrogens is 324 g/mol. The van der Waals surface area contributed by atoms with Crippen LogP contribution in [0.1, 0.15) is 32.1 Å². The van der Waals surface area contributed by atoms with Crippen LogP contribution in [0.5, 0.6) is 0 Å². The lowest BCUT2D eigenvalue weighted by Gasteiger charge is -2.37. The first-order valence-corrected chi connectivity index (χ1v) is 9.38. The van der Waals surface area contributed by atoms with Gasteiger partial charge in [0.05, 0.1) is 16.8 Å². The van der Waals surface area contributed by atoms with Crippen molar-refractivity contribution >= 4 is 23.2 Å². The third-order valence-corrected chi connectivity index (χ3v) is 5.64. The normalized spacial score (nSPS) is 23.0. The highest BCUT2D eigenvalue weighted by molar-refractivity contribution is 6.33. The van der Waals surface area contributed by atoms with Crippen molar-refractivity contribution in [2.75, 3.05) is 38.3 Å². The number of anilines is 1. The first-order chi connectivity index (χ1) is 11.7. The summed E-state index contributed by atoms with van der Waals surface area (Å²) >= 11 is 6.29. The number of rotatable bonds is 5. The highest BCUT2D eigenvalue weighted by atomic mass is 35.5. The van der Waals surface area contributed by atoms with Crippen LogP contribution in [0, 0.1) is 5.92 Å². The summed E-state index contributed by atoms with van der Waals surface area (Å²) in [6.07, 6.45) is 5.40. The van der Waals surface area contributed by atoms with Crippen LogP contribution in [0.3, 0.4) is 0 Å². The first kappa shape index (κ1) is 17.7. The Morgan fingerprint density at radius 1 is 1.25 bits per heavy atom. The maximum absolute atomic E-state index is 13.0. The van der Waals surface area contributed by atoms with Gasteiger partial charge in [-0.15, -0.1) is 0 Å². The number of nitrogens with zero attached hydrogens (tertiary/aromatic N) is 2. The monoisotopic (exact) mass is 350 g/mol. The number of carbonyl (C=O) groups excluding carboxylic acids is 1. The molecule has 0 aliphatic carbocycles. The molecule has 24 heavy (non-hydrogen) atoms. The van der Waals surface area contributed by atoms with Crippen LogP contribution in [-0.2, 0) is 9.53 Å². The minimum absolute atomic E-state index is 0.0325. The lowest BCUT2D eigenvalue weighted by atomic mass is 9.95. The topological polar surface area (TPSA) is 32.8 Å². The second kappa shape index (κ2) is 8.32. The minimum atomic E-state index is -0.0325. The van der Waals surface area contributed by atoms with Gasteiger partial charge in [-0.3, -0.25) is 9.69 Å². The van der Waals surface area contributed by atoms with Crippen molar-refractivity contribution in [3.05, 3.63) is 29.3 Å². The average Bonchev–Trinajstić information content (AvgIpc) is 2.61. The molecule has 2 saturated heterocycles. The second-order valence-electron chi connectivity index (χ2n) is 6.92. The molecule has 0 radical (unpaired) electrons. The van der Waals surface area contributed by atoms with E-state index in [9.17, 15) is 4.79 Å². The van der Waals surface area contributed by atoms with Gasteiger partial charge in [0.2, 0.25) is 5.91 Å². The second-order valence-corrected chi connectivity index (χ2v) is 7.33. The molecule has 0 spiro atoms. The highest BCUT2D eigenvalue weighted by Gasteiger charge is 2.33. The Hall–Kier alpha value is -1.10. The SMILES string of the molecule is CN(CCC1CCOCC1)C1CCCN(c2ccccc2Cl)C1=O. The molecule has 0 saturated carbocycles. The Morgan fingerprint density at radius 2 is 2.00 bits per heavy atom. The Labute approximate surface area is 149 Å². The molecule has 1 unspecified atom stereocenters. The fraction of sp³-hybridized carbons (Fsp3) is 0.632. The maximum atomic E-state index is 13.0. The van der Waals surface area contributed by atoms with E-state index in [4.69, 9.17) is 16.3 Å². The van der Waals surface area contributed by atoms with Crippen molar-refractivity contribution in [2.45, 2.75) is 38.1 Å². The summed E-state index contributed by atoms with van der Waals surface area (Å²) in [4.78, 5) is 17.1. The van der Waals surface area contributed by atoms with Crippen molar-refractivity contribution in [3.63, 3.8) is 0 Å². The Balaban J connectivity index is 1.60. The first-order valence-electron chi connectivity index (χ1n) is 9.00.